The van der Waals surface area contributed by atoms with Crippen LogP contribution in [-0.2, 0) is 14.3 Å². The number of nitrogens with one attached hydrogen (secondary N) is 1. The molecule has 2 aliphatic rings. The molecule has 0 aromatic heterocycles. The van der Waals surface area contributed by atoms with Crippen LogP contribution >= 0.6 is 0 Å². The van der Waals surface area contributed by atoms with Crippen LogP contribution in [0.25, 0.3) is 11.1 Å². The van der Waals surface area contributed by atoms with Gasteiger partial charge in [-0.15, -0.1) is 0 Å². The van der Waals surface area contributed by atoms with E-state index in [1.54, 1.807) is 7.05 Å². The minimum Gasteiger partial charge on any atom is -0.479 e. The van der Waals surface area contributed by atoms with Crippen molar-refractivity contribution in [3.05, 3.63) is 59.7 Å². The quantitative estimate of drug-likeness (QED) is 0.543. The number of amides is 2. The molecule has 180 valence electrons. The first kappa shape index (κ1) is 23.8. The van der Waals surface area contributed by atoms with E-state index in [0.29, 0.717) is 38.6 Å². The van der Waals surface area contributed by atoms with Gasteiger partial charge in [0.1, 0.15) is 12.1 Å². The van der Waals surface area contributed by atoms with E-state index in [1.165, 1.54) is 27.2 Å². The summed E-state index contributed by atoms with van der Waals surface area (Å²) in [4.78, 5) is 37.4. The van der Waals surface area contributed by atoms with E-state index in [9.17, 15) is 19.5 Å². The second-order valence-electron chi connectivity index (χ2n) is 9.47. The van der Waals surface area contributed by atoms with Gasteiger partial charge in [0.25, 0.3) is 0 Å². The van der Waals surface area contributed by atoms with Crippen LogP contribution in [0.4, 0.5) is 4.79 Å². The van der Waals surface area contributed by atoms with Crippen LogP contribution in [0.2, 0.25) is 0 Å². The Morgan fingerprint density at radius 2 is 1.65 bits per heavy atom. The Hall–Kier alpha value is -3.35. The number of carbonyl (C=O) groups excluding carboxylic acids is 2. The van der Waals surface area contributed by atoms with Crippen molar-refractivity contribution < 1.29 is 24.2 Å². The first-order valence-electron chi connectivity index (χ1n) is 11.9. The lowest BCUT2D eigenvalue weighted by atomic mass is 9.98. The standard InChI is InChI=1S/C27H32N2O5/c1-18(11-12-24(30)29(2)27(14-15-27)25(31)32)13-16-28-26(33)34-17-23-21-9-5-3-7-19(21)20-8-4-6-10-22(20)23/h3-10,18,23H,11-17H2,1-2H3,(H,28,33)(H,31,32). The van der Waals surface area contributed by atoms with E-state index in [-0.39, 0.29) is 24.3 Å². The fourth-order valence-corrected chi connectivity index (χ4v) is 4.80. The van der Waals surface area contributed by atoms with Gasteiger partial charge in [-0.3, -0.25) is 4.79 Å². The summed E-state index contributed by atoms with van der Waals surface area (Å²) in [6.07, 6.45) is 2.25. The van der Waals surface area contributed by atoms with Crippen molar-refractivity contribution in [2.24, 2.45) is 5.92 Å². The lowest BCUT2D eigenvalue weighted by molar-refractivity contribution is -0.151. The van der Waals surface area contributed by atoms with Crippen molar-refractivity contribution >= 4 is 18.0 Å². The van der Waals surface area contributed by atoms with Crippen molar-refractivity contribution in [3.8, 4) is 11.1 Å². The zero-order chi connectivity index (χ0) is 24.3. The summed E-state index contributed by atoms with van der Waals surface area (Å²) < 4.78 is 5.55. The summed E-state index contributed by atoms with van der Waals surface area (Å²) in [5.41, 5.74) is 3.74. The molecule has 0 bridgehead atoms. The number of hydrogen-bond acceptors (Lipinski definition) is 4. The van der Waals surface area contributed by atoms with E-state index in [0.717, 1.165) is 0 Å². The minimum atomic E-state index is -0.994. The van der Waals surface area contributed by atoms with Gasteiger partial charge in [-0.25, -0.2) is 9.59 Å². The molecule has 7 nitrogen and oxygen atoms in total. The molecule has 0 saturated heterocycles. The number of rotatable bonds is 10. The highest BCUT2D eigenvalue weighted by molar-refractivity contribution is 5.89. The molecular weight excluding hydrogens is 432 g/mol. The average Bonchev–Trinajstić information content (AvgIpc) is 3.59. The summed E-state index contributed by atoms with van der Waals surface area (Å²) in [5, 5.41) is 12.1. The van der Waals surface area contributed by atoms with Crippen molar-refractivity contribution in [1.29, 1.82) is 0 Å². The van der Waals surface area contributed by atoms with Gasteiger partial charge in [-0.2, -0.15) is 0 Å². The second-order valence-corrected chi connectivity index (χ2v) is 9.47. The van der Waals surface area contributed by atoms with E-state index in [4.69, 9.17) is 4.74 Å². The number of likely N-dealkylation sites (N-methyl/N-ethyl adjacent to an activating group) is 1. The van der Waals surface area contributed by atoms with Crippen molar-refractivity contribution in [3.63, 3.8) is 0 Å². The summed E-state index contributed by atoms with van der Waals surface area (Å²) in [6.45, 7) is 2.76. The van der Waals surface area contributed by atoms with Gasteiger partial charge >= 0.3 is 12.1 Å². The topological polar surface area (TPSA) is 95.9 Å². The molecule has 4 rings (SSSR count). The Morgan fingerprint density at radius 1 is 1.06 bits per heavy atom. The molecule has 34 heavy (non-hydrogen) atoms. The average molecular weight is 465 g/mol. The Kier molecular flexibility index (Phi) is 6.91. The van der Waals surface area contributed by atoms with Crippen LogP contribution in [0, 0.1) is 5.92 Å². The molecule has 1 unspecified atom stereocenters. The highest BCUT2D eigenvalue weighted by atomic mass is 16.5. The highest BCUT2D eigenvalue weighted by Gasteiger charge is 2.55. The third-order valence-corrected chi connectivity index (χ3v) is 7.24. The molecule has 2 aliphatic carbocycles. The van der Waals surface area contributed by atoms with Crippen molar-refractivity contribution in [2.75, 3.05) is 20.2 Å². The molecule has 7 heteroatoms. The molecule has 2 aromatic rings. The number of alkyl carbamates (subject to hydrolysis) is 1. The fraction of sp³-hybridized carbons (Fsp3) is 0.444. The molecule has 2 N–H and O–H groups in total. The number of fused-ring (bicyclic) bond motifs is 3. The Labute approximate surface area is 200 Å². The number of hydrogen-bond donors (Lipinski definition) is 2. The Balaban J connectivity index is 1.18. The largest absolute Gasteiger partial charge is 0.479 e. The minimum absolute atomic E-state index is 0.0284. The highest BCUT2D eigenvalue weighted by Crippen LogP contribution is 2.44. The summed E-state index contributed by atoms with van der Waals surface area (Å²) in [6, 6.07) is 16.4. The van der Waals surface area contributed by atoms with E-state index in [1.807, 2.05) is 31.2 Å². The molecule has 0 heterocycles. The maximum absolute atomic E-state index is 12.4. The van der Waals surface area contributed by atoms with Crippen LogP contribution in [0.5, 0.6) is 0 Å². The number of carboxylic acid groups (broad SMARTS) is 1. The monoisotopic (exact) mass is 464 g/mol. The number of aliphatic carboxylic acids is 1. The first-order valence-corrected chi connectivity index (χ1v) is 11.9. The summed E-state index contributed by atoms with van der Waals surface area (Å²) in [5.74, 6) is -0.827. The molecule has 0 radical (unpaired) electrons. The van der Waals surface area contributed by atoms with Crippen molar-refractivity contribution in [1.82, 2.24) is 10.2 Å². The molecule has 0 aliphatic heterocycles. The number of carbonyl (C=O) groups is 3. The van der Waals surface area contributed by atoms with Crippen LogP contribution in [0.1, 0.15) is 56.1 Å². The van der Waals surface area contributed by atoms with E-state index >= 15 is 0 Å². The zero-order valence-electron chi connectivity index (χ0n) is 19.8. The number of ether oxygens (including phenoxy) is 1. The van der Waals surface area contributed by atoms with Gasteiger partial charge in [0.05, 0.1) is 0 Å². The second kappa shape index (κ2) is 9.87. The van der Waals surface area contributed by atoms with Crippen LogP contribution < -0.4 is 5.32 Å². The number of nitrogens with zero attached hydrogens (tertiary/aromatic N) is 1. The van der Waals surface area contributed by atoms with Crippen LogP contribution in [-0.4, -0.2) is 53.7 Å². The van der Waals surface area contributed by atoms with Gasteiger partial charge in [-0.1, -0.05) is 55.5 Å². The van der Waals surface area contributed by atoms with Gasteiger partial charge in [0.2, 0.25) is 5.91 Å². The molecule has 0 spiro atoms. The zero-order valence-corrected chi connectivity index (χ0v) is 19.8. The normalized spacial score (nSPS) is 16.2. The molecule has 2 aromatic carbocycles. The molecule has 1 atom stereocenters. The summed E-state index contributed by atoms with van der Waals surface area (Å²) in [7, 11) is 1.58. The summed E-state index contributed by atoms with van der Waals surface area (Å²) >= 11 is 0. The van der Waals surface area contributed by atoms with Gasteiger partial charge in [0, 0.05) is 25.9 Å². The van der Waals surface area contributed by atoms with E-state index < -0.39 is 17.6 Å². The maximum atomic E-state index is 12.4. The maximum Gasteiger partial charge on any atom is 0.407 e. The molecular formula is C27H32N2O5. The lowest BCUT2D eigenvalue weighted by Gasteiger charge is -2.25. The Bertz CT molecular complexity index is 1030. The SMILES string of the molecule is CC(CCNC(=O)OCC1c2ccccc2-c2ccccc21)CCC(=O)N(C)C1(C(=O)O)CC1. The van der Waals surface area contributed by atoms with Crippen LogP contribution in [0.15, 0.2) is 48.5 Å². The van der Waals surface area contributed by atoms with E-state index in [2.05, 4.69) is 29.6 Å². The predicted molar refractivity (Wildman–Crippen MR) is 128 cm³/mol. The molecule has 2 amide bonds. The third-order valence-electron chi connectivity index (χ3n) is 7.24. The number of benzene rings is 2. The smallest absolute Gasteiger partial charge is 0.407 e. The Morgan fingerprint density at radius 3 is 2.21 bits per heavy atom. The van der Waals surface area contributed by atoms with Gasteiger partial charge < -0.3 is 20.1 Å². The number of carboxylic acids is 1. The molecule has 1 saturated carbocycles. The van der Waals surface area contributed by atoms with Crippen LogP contribution in [0.3, 0.4) is 0 Å². The fourth-order valence-electron chi connectivity index (χ4n) is 4.80. The predicted octanol–water partition coefficient (Wildman–Crippen LogP) is 4.41. The van der Waals surface area contributed by atoms with Gasteiger partial charge in [-0.05, 0) is 53.9 Å². The van der Waals surface area contributed by atoms with Gasteiger partial charge in [0.15, 0.2) is 0 Å². The third kappa shape index (κ3) is 4.79. The molecule has 1 fully saturated rings. The first-order chi connectivity index (χ1) is 16.3. The van der Waals surface area contributed by atoms with Crippen molar-refractivity contribution in [2.45, 2.75) is 50.5 Å². The lowest BCUT2D eigenvalue weighted by Crippen LogP contribution is -2.44.